The highest BCUT2D eigenvalue weighted by Crippen LogP contribution is 2.35. The van der Waals surface area contributed by atoms with Gasteiger partial charge in [0, 0.05) is 5.82 Å². The Labute approximate surface area is 54.6 Å². The zero-order valence-corrected chi connectivity index (χ0v) is 6.21. The van der Waals surface area contributed by atoms with E-state index in [-0.39, 0.29) is 0 Å². The van der Waals surface area contributed by atoms with Gasteiger partial charge < -0.3 is 9.79 Å². The van der Waals surface area contributed by atoms with Crippen molar-refractivity contribution in [2.24, 2.45) is 0 Å². The van der Waals surface area contributed by atoms with Gasteiger partial charge in [0.1, 0.15) is 0 Å². The molecular formula is C5H11O3P. The highest BCUT2D eigenvalue weighted by atomic mass is 31.2. The third kappa shape index (κ3) is 7.89. The van der Waals surface area contributed by atoms with Crippen molar-refractivity contribution < 1.29 is 14.4 Å². The lowest BCUT2D eigenvalue weighted by molar-refractivity contribution is 0.386. The fourth-order valence-corrected chi connectivity index (χ4v) is 0.802. The van der Waals surface area contributed by atoms with Gasteiger partial charge in [-0.25, -0.2) is 0 Å². The van der Waals surface area contributed by atoms with Crippen LogP contribution in [-0.4, -0.2) is 9.79 Å². The van der Waals surface area contributed by atoms with Gasteiger partial charge in [0.25, 0.3) is 0 Å². The molecule has 0 atom stereocenters. The maximum atomic E-state index is 10.1. The molecule has 3 nitrogen and oxygen atoms in total. The van der Waals surface area contributed by atoms with Crippen molar-refractivity contribution >= 4 is 7.60 Å². The van der Waals surface area contributed by atoms with Crippen LogP contribution in [-0.2, 0) is 4.57 Å². The van der Waals surface area contributed by atoms with Gasteiger partial charge in [0.15, 0.2) is 0 Å². The maximum absolute atomic E-state index is 10.1. The standard InChI is InChI=1S/C5H11O3P/c1-2-3-4-5-9(6,7)8/h4-5H,2-3H2,1H3,(H2,6,7,8). The Kier molecular flexibility index (Phi) is 3.78. The first-order valence-electron chi connectivity index (χ1n) is 2.79. The number of allylic oxidation sites excluding steroid dienone is 1. The molecule has 0 fully saturated rings. The van der Waals surface area contributed by atoms with E-state index in [2.05, 4.69) is 0 Å². The molecule has 9 heavy (non-hydrogen) atoms. The van der Waals surface area contributed by atoms with Gasteiger partial charge in [0.2, 0.25) is 0 Å². The van der Waals surface area contributed by atoms with Gasteiger partial charge in [-0.2, -0.15) is 0 Å². The summed E-state index contributed by atoms with van der Waals surface area (Å²) in [5.41, 5.74) is 0. The second-order valence-electron chi connectivity index (χ2n) is 1.76. The lowest BCUT2D eigenvalue weighted by Gasteiger charge is -1.91. The summed E-state index contributed by atoms with van der Waals surface area (Å²) in [7, 11) is -3.88. The molecule has 0 radical (unpaired) electrons. The molecule has 0 bridgehead atoms. The first-order valence-corrected chi connectivity index (χ1v) is 4.47. The monoisotopic (exact) mass is 150 g/mol. The van der Waals surface area contributed by atoms with Crippen LogP contribution in [0.2, 0.25) is 0 Å². The molecule has 0 rings (SSSR count). The molecule has 0 amide bonds. The van der Waals surface area contributed by atoms with Gasteiger partial charge in [-0.05, 0) is 6.42 Å². The van der Waals surface area contributed by atoms with Crippen molar-refractivity contribution in [3.8, 4) is 0 Å². The Morgan fingerprint density at radius 3 is 2.44 bits per heavy atom. The van der Waals surface area contributed by atoms with Gasteiger partial charge in [0.05, 0.1) is 0 Å². The summed E-state index contributed by atoms with van der Waals surface area (Å²) in [5, 5.41) is 0. The fourth-order valence-electron chi connectivity index (χ4n) is 0.379. The van der Waals surface area contributed by atoms with Crippen LogP contribution in [0.5, 0.6) is 0 Å². The van der Waals surface area contributed by atoms with Crippen molar-refractivity contribution in [1.29, 1.82) is 0 Å². The van der Waals surface area contributed by atoms with Crippen molar-refractivity contribution in [2.45, 2.75) is 19.8 Å². The van der Waals surface area contributed by atoms with E-state index in [1.165, 1.54) is 6.08 Å². The minimum atomic E-state index is -3.88. The normalized spacial score (nSPS) is 12.8. The first kappa shape index (κ1) is 8.89. The molecule has 0 saturated carbocycles. The molecule has 0 aromatic rings. The lowest BCUT2D eigenvalue weighted by atomic mass is 10.3. The molecule has 0 unspecified atom stereocenters. The molecule has 0 aliphatic heterocycles. The molecular weight excluding hydrogens is 139 g/mol. The van der Waals surface area contributed by atoms with E-state index < -0.39 is 7.60 Å². The third-order valence-electron chi connectivity index (χ3n) is 0.755. The van der Waals surface area contributed by atoms with Gasteiger partial charge in [-0.3, -0.25) is 4.57 Å². The zero-order chi connectivity index (χ0) is 7.33. The van der Waals surface area contributed by atoms with Crippen molar-refractivity contribution in [3.63, 3.8) is 0 Å². The smallest absolute Gasteiger partial charge is 0.321 e. The SMILES string of the molecule is CCCC=CP(=O)(O)O. The maximum Gasteiger partial charge on any atom is 0.348 e. The van der Waals surface area contributed by atoms with E-state index in [0.29, 0.717) is 0 Å². The molecule has 0 aromatic carbocycles. The first-order chi connectivity index (χ1) is 4.06. The number of hydrogen-bond donors (Lipinski definition) is 2. The molecule has 0 heterocycles. The van der Waals surface area contributed by atoms with Crippen molar-refractivity contribution in [2.75, 3.05) is 0 Å². The average molecular weight is 150 g/mol. The van der Waals surface area contributed by atoms with E-state index in [1.54, 1.807) is 0 Å². The van der Waals surface area contributed by atoms with E-state index in [1.807, 2.05) is 6.92 Å². The van der Waals surface area contributed by atoms with E-state index in [4.69, 9.17) is 9.79 Å². The van der Waals surface area contributed by atoms with E-state index in [0.717, 1.165) is 18.7 Å². The molecule has 0 aliphatic rings. The molecule has 4 heteroatoms. The summed E-state index contributed by atoms with van der Waals surface area (Å²) < 4.78 is 10.1. The van der Waals surface area contributed by atoms with Crippen molar-refractivity contribution in [1.82, 2.24) is 0 Å². The van der Waals surface area contributed by atoms with Crippen LogP contribution in [0, 0.1) is 0 Å². The van der Waals surface area contributed by atoms with Crippen LogP contribution in [0.25, 0.3) is 0 Å². The Hall–Kier alpha value is -0.110. The molecule has 0 aromatic heterocycles. The molecule has 2 N–H and O–H groups in total. The quantitative estimate of drug-likeness (QED) is 0.599. The fraction of sp³-hybridized carbons (Fsp3) is 0.600. The number of unbranched alkanes of at least 4 members (excludes halogenated alkanes) is 1. The highest BCUT2D eigenvalue weighted by molar-refractivity contribution is 7.55. The van der Waals surface area contributed by atoms with Gasteiger partial charge in [-0.1, -0.05) is 19.4 Å². The van der Waals surface area contributed by atoms with Crippen LogP contribution < -0.4 is 0 Å². The van der Waals surface area contributed by atoms with Gasteiger partial charge >= 0.3 is 7.60 Å². The second-order valence-corrected chi connectivity index (χ2v) is 3.24. The Bertz CT molecular complexity index is 135. The number of hydrogen-bond acceptors (Lipinski definition) is 1. The average Bonchev–Trinajstić information content (AvgIpc) is 1.63. The van der Waals surface area contributed by atoms with Crippen LogP contribution >= 0.6 is 7.60 Å². The Morgan fingerprint density at radius 1 is 1.56 bits per heavy atom. The van der Waals surface area contributed by atoms with E-state index in [9.17, 15) is 4.57 Å². The van der Waals surface area contributed by atoms with Crippen LogP contribution in [0.3, 0.4) is 0 Å². The predicted molar refractivity (Wildman–Crippen MR) is 36.1 cm³/mol. The molecule has 54 valence electrons. The zero-order valence-electron chi connectivity index (χ0n) is 5.32. The highest BCUT2D eigenvalue weighted by Gasteiger charge is 2.03. The summed E-state index contributed by atoms with van der Waals surface area (Å²) in [6, 6.07) is 0. The molecule has 0 spiro atoms. The summed E-state index contributed by atoms with van der Waals surface area (Å²) in [6.07, 6.45) is 3.14. The lowest BCUT2D eigenvalue weighted by Crippen LogP contribution is -1.68. The van der Waals surface area contributed by atoms with Gasteiger partial charge in [-0.15, -0.1) is 0 Å². The van der Waals surface area contributed by atoms with Crippen molar-refractivity contribution in [3.05, 3.63) is 11.9 Å². The van der Waals surface area contributed by atoms with E-state index >= 15 is 0 Å². The summed E-state index contributed by atoms with van der Waals surface area (Å²) in [4.78, 5) is 16.5. The second kappa shape index (κ2) is 3.83. The summed E-state index contributed by atoms with van der Waals surface area (Å²) in [6.45, 7) is 1.95. The van der Waals surface area contributed by atoms with Crippen LogP contribution in [0.15, 0.2) is 11.9 Å². The predicted octanol–water partition coefficient (Wildman–Crippen LogP) is 1.48. The van der Waals surface area contributed by atoms with Crippen LogP contribution in [0.1, 0.15) is 19.8 Å². The Morgan fingerprint density at radius 2 is 2.11 bits per heavy atom. The summed E-state index contributed by atoms with van der Waals surface area (Å²) in [5.74, 6) is 0.941. The molecule has 0 aliphatic carbocycles. The Balaban J connectivity index is 3.58. The minimum absolute atomic E-state index is 0.727. The summed E-state index contributed by atoms with van der Waals surface area (Å²) >= 11 is 0. The third-order valence-corrected chi connectivity index (χ3v) is 1.35. The topological polar surface area (TPSA) is 57.5 Å². The minimum Gasteiger partial charge on any atom is -0.321 e. The molecule has 0 saturated heterocycles. The van der Waals surface area contributed by atoms with Crippen LogP contribution in [0.4, 0.5) is 0 Å². The largest absolute Gasteiger partial charge is 0.348 e. The number of rotatable bonds is 3.